The number of anilines is 1. The molecule has 1 atom stereocenters. The number of fused-ring (bicyclic) bond motifs is 1. The van der Waals surface area contributed by atoms with Gasteiger partial charge in [-0.05, 0) is 51.9 Å². The monoisotopic (exact) mass is 367 g/mol. The summed E-state index contributed by atoms with van der Waals surface area (Å²) in [5.41, 5.74) is 3.96. The molecule has 2 aromatic heterocycles. The zero-order chi connectivity index (χ0) is 19.1. The SMILES string of the molecule is CNC(C)c1[nH]c(-c2c(F)ccc3nc(C)c(NC4CC4)nc23)cc1C=O. The van der Waals surface area contributed by atoms with Crippen LogP contribution in [-0.4, -0.2) is 34.3 Å². The normalized spacial score (nSPS) is 15.1. The standard InChI is InChI=1S/C20H22FN5O/c1-10(22-3)18-12(9-27)8-16(25-18)17-14(21)6-7-15-19(17)26-20(11(2)23-15)24-13-4-5-13/h6-10,13,22,25H,4-5H2,1-3H3,(H,24,26). The first-order chi connectivity index (χ1) is 13.0. The number of H-pyrrole nitrogens is 1. The van der Waals surface area contributed by atoms with Crippen LogP contribution in [0.2, 0.25) is 0 Å². The highest BCUT2D eigenvalue weighted by molar-refractivity contribution is 5.93. The van der Waals surface area contributed by atoms with Gasteiger partial charge < -0.3 is 15.6 Å². The van der Waals surface area contributed by atoms with Gasteiger partial charge in [0, 0.05) is 23.3 Å². The number of aryl methyl sites for hydroxylation is 1. The van der Waals surface area contributed by atoms with Gasteiger partial charge in [-0.25, -0.2) is 14.4 Å². The van der Waals surface area contributed by atoms with Crippen molar-refractivity contribution in [2.75, 3.05) is 12.4 Å². The number of hydrogen-bond acceptors (Lipinski definition) is 5. The van der Waals surface area contributed by atoms with Gasteiger partial charge in [0.25, 0.3) is 0 Å². The number of rotatable bonds is 6. The summed E-state index contributed by atoms with van der Waals surface area (Å²) in [7, 11) is 1.81. The zero-order valence-corrected chi connectivity index (χ0v) is 15.6. The second-order valence-electron chi connectivity index (χ2n) is 7.05. The molecule has 0 aliphatic heterocycles. The average Bonchev–Trinajstić information content (AvgIpc) is 3.38. The molecule has 27 heavy (non-hydrogen) atoms. The number of carbonyl (C=O) groups excluding carboxylic acids is 1. The molecule has 1 unspecified atom stereocenters. The van der Waals surface area contributed by atoms with Crippen LogP contribution < -0.4 is 10.6 Å². The van der Waals surface area contributed by atoms with E-state index in [1.165, 1.54) is 6.07 Å². The number of aldehydes is 1. The summed E-state index contributed by atoms with van der Waals surface area (Å²) in [6.07, 6.45) is 3.00. The van der Waals surface area contributed by atoms with Crippen molar-refractivity contribution >= 4 is 23.1 Å². The van der Waals surface area contributed by atoms with Gasteiger partial charge in [0.2, 0.25) is 0 Å². The van der Waals surface area contributed by atoms with E-state index in [0.29, 0.717) is 39.7 Å². The van der Waals surface area contributed by atoms with E-state index in [-0.39, 0.29) is 6.04 Å². The predicted molar refractivity (Wildman–Crippen MR) is 104 cm³/mol. The molecule has 140 valence electrons. The fraction of sp³-hybridized carbons (Fsp3) is 0.350. The summed E-state index contributed by atoms with van der Waals surface area (Å²) in [4.78, 5) is 24.0. The van der Waals surface area contributed by atoms with Crippen molar-refractivity contribution in [3.8, 4) is 11.3 Å². The number of aromatic amines is 1. The third-order valence-electron chi connectivity index (χ3n) is 5.02. The third-order valence-corrected chi connectivity index (χ3v) is 5.02. The number of nitrogens with zero attached hydrogens (tertiary/aromatic N) is 2. The molecule has 0 radical (unpaired) electrons. The van der Waals surface area contributed by atoms with Crippen molar-refractivity contribution in [3.05, 3.63) is 41.0 Å². The molecule has 1 saturated carbocycles. The molecule has 3 N–H and O–H groups in total. The summed E-state index contributed by atoms with van der Waals surface area (Å²) >= 11 is 0. The van der Waals surface area contributed by atoms with Crippen LogP contribution in [0.4, 0.5) is 10.2 Å². The van der Waals surface area contributed by atoms with Crippen LogP contribution in [0.1, 0.15) is 47.6 Å². The number of benzene rings is 1. The molecule has 1 aromatic carbocycles. The Morgan fingerprint density at radius 3 is 2.78 bits per heavy atom. The van der Waals surface area contributed by atoms with Gasteiger partial charge in [0.05, 0.1) is 22.5 Å². The van der Waals surface area contributed by atoms with E-state index in [0.717, 1.165) is 30.5 Å². The van der Waals surface area contributed by atoms with Gasteiger partial charge >= 0.3 is 0 Å². The number of halogens is 1. The van der Waals surface area contributed by atoms with Crippen LogP contribution >= 0.6 is 0 Å². The highest BCUT2D eigenvalue weighted by Crippen LogP contribution is 2.33. The molecule has 2 heterocycles. The van der Waals surface area contributed by atoms with Crippen LogP contribution in [0.3, 0.4) is 0 Å². The first kappa shape index (κ1) is 17.6. The quantitative estimate of drug-likeness (QED) is 0.578. The van der Waals surface area contributed by atoms with Crippen molar-refractivity contribution in [1.82, 2.24) is 20.3 Å². The summed E-state index contributed by atoms with van der Waals surface area (Å²) in [5, 5.41) is 6.45. The van der Waals surface area contributed by atoms with E-state index in [1.807, 2.05) is 20.9 Å². The second kappa shape index (κ2) is 6.74. The number of hydrogen-bond donors (Lipinski definition) is 3. The largest absolute Gasteiger partial charge is 0.366 e. The average molecular weight is 367 g/mol. The number of carbonyl (C=O) groups is 1. The first-order valence-corrected chi connectivity index (χ1v) is 9.11. The molecule has 7 heteroatoms. The maximum absolute atomic E-state index is 14.8. The van der Waals surface area contributed by atoms with Crippen LogP contribution in [0, 0.1) is 12.7 Å². The minimum Gasteiger partial charge on any atom is -0.366 e. The molecular weight excluding hydrogens is 345 g/mol. The Kier molecular flexibility index (Phi) is 4.39. The number of aromatic nitrogens is 3. The molecule has 0 spiro atoms. The molecule has 3 aromatic rings. The highest BCUT2D eigenvalue weighted by atomic mass is 19.1. The maximum Gasteiger partial charge on any atom is 0.151 e. The maximum atomic E-state index is 14.8. The number of nitrogens with one attached hydrogen (secondary N) is 3. The van der Waals surface area contributed by atoms with Crippen molar-refractivity contribution < 1.29 is 9.18 Å². The lowest BCUT2D eigenvalue weighted by Gasteiger charge is -2.12. The minimum atomic E-state index is -0.402. The Morgan fingerprint density at radius 2 is 2.11 bits per heavy atom. The summed E-state index contributed by atoms with van der Waals surface area (Å²) in [6.45, 7) is 3.83. The molecule has 0 amide bonds. The van der Waals surface area contributed by atoms with E-state index < -0.39 is 5.82 Å². The zero-order valence-electron chi connectivity index (χ0n) is 15.6. The lowest BCUT2D eigenvalue weighted by Crippen LogP contribution is -2.14. The van der Waals surface area contributed by atoms with Gasteiger partial charge in [-0.2, -0.15) is 0 Å². The topological polar surface area (TPSA) is 82.7 Å². The predicted octanol–water partition coefficient (Wildman–Crippen LogP) is 3.74. The summed E-state index contributed by atoms with van der Waals surface area (Å²) < 4.78 is 14.8. The van der Waals surface area contributed by atoms with Gasteiger partial charge in [-0.3, -0.25) is 4.79 Å². The Balaban J connectivity index is 1.91. The van der Waals surface area contributed by atoms with E-state index >= 15 is 0 Å². The van der Waals surface area contributed by atoms with Gasteiger partial charge in [-0.1, -0.05) is 0 Å². The Labute approximate surface area is 156 Å². The fourth-order valence-electron chi connectivity index (χ4n) is 3.22. The lowest BCUT2D eigenvalue weighted by molar-refractivity contribution is 0.112. The van der Waals surface area contributed by atoms with Crippen LogP contribution in [0.5, 0.6) is 0 Å². The molecule has 6 nitrogen and oxygen atoms in total. The Bertz CT molecular complexity index is 1020. The van der Waals surface area contributed by atoms with Crippen molar-refractivity contribution in [2.45, 2.75) is 38.8 Å². The molecular formula is C20H22FN5O. The van der Waals surface area contributed by atoms with E-state index in [1.54, 1.807) is 12.1 Å². The van der Waals surface area contributed by atoms with Crippen molar-refractivity contribution in [1.29, 1.82) is 0 Å². The van der Waals surface area contributed by atoms with Gasteiger partial charge in [-0.15, -0.1) is 0 Å². The second-order valence-corrected chi connectivity index (χ2v) is 7.05. The Morgan fingerprint density at radius 1 is 1.33 bits per heavy atom. The first-order valence-electron chi connectivity index (χ1n) is 9.11. The highest BCUT2D eigenvalue weighted by Gasteiger charge is 2.24. The van der Waals surface area contributed by atoms with Crippen LogP contribution in [0.25, 0.3) is 22.3 Å². The third kappa shape index (κ3) is 3.19. The fourth-order valence-corrected chi connectivity index (χ4v) is 3.22. The lowest BCUT2D eigenvalue weighted by atomic mass is 10.1. The molecule has 0 bridgehead atoms. The molecule has 1 aliphatic carbocycles. The molecule has 0 saturated heterocycles. The van der Waals surface area contributed by atoms with E-state index in [9.17, 15) is 9.18 Å². The van der Waals surface area contributed by atoms with E-state index in [2.05, 4.69) is 25.6 Å². The van der Waals surface area contributed by atoms with Gasteiger partial charge in [0.1, 0.15) is 17.2 Å². The van der Waals surface area contributed by atoms with Crippen molar-refractivity contribution in [2.24, 2.45) is 0 Å². The van der Waals surface area contributed by atoms with E-state index in [4.69, 9.17) is 0 Å². The Hall–Kier alpha value is -2.80. The summed E-state index contributed by atoms with van der Waals surface area (Å²) in [6, 6.07) is 5.04. The van der Waals surface area contributed by atoms with Gasteiger partial charge in [0.15, 0.2) is 6.29 Å². The van der Waals surface area contributed by atoms with Crippen LogP contribution in [-0.2, 0) is 0 Å². The molecule has 4 rings (SSSR count). The summed E-state index contributed by atoms with van der Waals surface area (Å²) in [5.74, 6) is 0.281. The van der Waals surface area contributed by atoms with Crippen molar-refractivity contribution in [3.63, 3.8) is 0 Å². The minimum absolute atomic E-state index is 0.0718. The smallest absolute Gasteiger partial charge is 0.151 e. The van der Waals surface area contributed by atoms with Crippen LogP contribution in [0.15, 0.2) is 18.2 Å². The molecule has 1 aliphatic rings. The molecule has 1 fully saturated rings.